The van der Waals surface area contributed by atoms with Gasteiger partial charge < -0.3 is 4.74 Å². The topological polar surface area (TPSA) is 26.3 Å². The number of hydrogen-bond donors (Lipinski definition) is 0. The summed E-state index contributed by atoms with van der Waals surface area (Å²) in [5.41, 5.74) is 0.627. The molecule has 94 valence electrons. The van der Waals surface area contributed by atoms with E-state index >= 15 is 0 Å². The van der Waals surface area contributed by atoms with Crippen molar-refractivity contribution in [3.8, 4) is 0 Å². The summed E-state index contributed by atoms with van der Waals surface area (Å²) >= 11 is 0. The first-order valence-corrected chi connectivity index (χ1v) is 6.33. The third-order valence-electron chi connectivity index (χ3n) is 3.11. The molecule has 1 rings (SSSR count). The van der Waals surface area contributed by atoms with E-state index in [1.165, 1.54) is 5.56 Å². The van der Waals surface area contributed by atoms with Gasteiger partial charge in [0.1, 0.15) is 5.60 Å². The zero-order valence-corrected chi connectivity index (χ0v) is 11.0. The average molecular weight is 234 g/mol. The molecule has 0 heterocycles. The molecule has 0 aromatic heterocycles. The number of hydrogen-bond acceptors (Lipinski definition) is 2. The lowest BCUT2D eigenvalue weighted by Crippen LogP contribution is -2.38. The number of rotatable bonds is 7. The second-order valence-electron chi connectivity index (χ2n) is 4.43. The number of Topliss-reactive ketones (excluding diaryl/α,β-unsaturated/α-hetero) is 1. The predicted molar refractivity (Wildman–Crippen MR) is 70.1 cm³/mol. The maximum Gasteiger partial charge on any atom is 0.164 e. The molecule has 2 heteroatoms. The van der Waals surface area contributed by atoms with Crippen LogP contribution in [0.1, 0.15) is 39.2 Å². The molecule has 0 aliphatic carbocycles. The summed E-state index contributed by atoms with van der Waals surface area (Å²) in [6, 6.07) is 10.2. The van der Waals surface area contributed by atoms with Crippen molar-refractivity contribution in [2.45, 2.75) is 45.6 Å². The Hall–Kier alpha value is -1.15. The number of ketones is 1. The Kier molecular flexibility index (Phi) is 5.36. The molecule has 1 atom stereocenters. The van der Waals surface area contributed by atoms with Gasteiger partial charge in [-0.1, -0.05) is 37.3 Å². The zero-order valence-electron chi connectivity index (χ0n) is 11.0. The molecule has 1 aromatic carbocycles. The van der Waals surface area contributed by atoms with Crippen LogP contribution in [0.25, 0.3) is 0 Å². The molecule has 0 bridgehead atoms. The molecule has 0 N–H and O–H groups in total. The van der Waals surface area contributed by atoms with E-state index in [9.17, 15) is 4.79 Å². The van der Waals surface area contributed by atoms with Gasteiger partial charge in [-0.05, 0) is 32.3 Å². The van der Waals surface area contributed by atoms with Gasteiger partial charge in [-0.15, -0.1) is 0 Å². The molecule has 0 fully saturated rings. The Bertz CT molecular complexity index is 345. The predicted octanol–water partition coefficient (Wildman–Crippen LogP) is 3.39. The zero-order chi connectivity index (χ0) is 12.7. The molecule has 0 amide bonds. The highest BCUT2D eigenvalue weighted by Gasteiger charge is 2.31. The Balaban J connectivity index is 2.64. The van der Waals surface area contributed by atoms with Crippen molar-refractivity contribution in [3.63, 3.8) is 0 Å². The molecule has 0 spiro atoms. The first-order valence-electron chi connectivity index (χ1n) is 6.33. The normalized spacial score (nSPS) is 14.3. The maximum atomic E-state index is 11.9. The van der Waals surface area contributed by atoms with E-state index in [0.717, 1.165) is 12.8 Å². The van der Waals surface area contributed by atoms with E-state index in [-0.39, 0.29) is 5.78 Å². The average Bonchev–Trinajstić information content (AvgIpc) is 2.37. The van der Waals surface area contributed by atoms with Crippen molar-refractivity contribution < 1.29 is 9.53 Å². The van der Waals surface area contributed by atoms with Gasteiger partial charge in [0, 0.05) is 13.0 Å². The fourth-order valence-corrected chi connectivity index (χ4v) is 2.01. The van der Waals surface area contributed by atoms with Crippen molar-refractivity contribution in [1.82, 2.24) is 0 Å². The smallest absolute Gasteiger partial charge is 0.164 e. The van der Waals surface area contributed by atoms with E-state index in [0.29, 0.717) is 13.0 Å². The Morgan fingerprint density at radius 1 is 1.24 bits per heavy atom. The molecule has 0 saturated carbocycles. The second kappa shape index (κ2) is 6.55. The molecule has 2 nitrogen and oxygen atoms in total. The van der Waals surface area contributed by atoms with Crippen LogP contribution in [0, 0.1) is 0 Å². The van der Waals surface area contributed by atoms with E-state index in [1.807, 2.05) is 39.0 Å². The van der Waals surface area contributed by atoms with Gasteiger partial charge in [0.05, 0.1) is 0 Å². The Labute approximate surface area is 104 Å². The number of benzene rings is 1. The lowest BCUT2D eigenvalue weighted by Gasteiger charge is -2.27. The van der Waals surface area contributed by atoms with Gasteiger partial charge in [0.15, 0.2) is 5.78 Å². The summed E-state index contributed by atoms with van der Waals surface area (Å²) in [5, 5.41) is 0. The minimum Gasteiger partial charge on any atom is -0.368 e. The first kappa shape index (κ1) is 13.9. The van der Waals surface area contributed by atoms with Crippen molar-refractivity contribution in [2.75, 3.05) is 6.61 Å². The van der Waals surface area contributed by atoms with Crippen LogP contribution in [0.2, 0.25) is 0 Å². The summed E-state index contributed by atoms with van der Waals surface area (Å²) in [5.74, 6) is 0.190. The third kappa shape index (κ3) is 3.97. The summed E-state index contributed by atoms with van der Waals surface area (Å²) < 4.78 is 5.65. The fraction of sp³-hybridized carbons (Fsp3) is 0.533. The van der Waals surface area contributed by atoms with Crippen LogP contribution >= 0.6 is 0 Å². The number of aryl methyl sites for hydroxylation is 1. The largest absolute Gasteiger partial charge is 0.368 e. The molecule has 1 unspecified atom stereocenters. The van der Waals surface area contributed by atoms with E-state index in [2.05, 4.69) is 12.1 Å². The van der Waals surface area contributed by atoms with E-state index in [4.69, 9.17) is 4.74 Å². The number of carbonyl (C=O) groups excluding carboxylic acids is 1. The molecule has 0 radical (unpaired) electrons. The van der Waals surface area contributed by atoms with Crippen LogP contribution in [0.3, 0.4) is 0 Å². The van der Waals surface area contributed by atoms with Crippen molar-refractivity contribution in [1.29, 1.82) is 0 Å². The molecule has 0 aliphatic heterocycles. The van der Waals surface area contributed by atoms with Gasteiger partial charge in [-0.25, -0.2) is 0 Å². The highest BCUT2D eigenvalue weighted by Crippen LogP contribution is 2.21. The van der Waals surface area contributed by atoms with E-state index < -0.39 is 5.60 Å². The highest BCUT2D eigenvalue weighted by molar-refractivity contribution is 5.86. The van der Waals surface area contributed by atoms with Gasteiger partial charge in [0.2, 0.25) is 0 Å². The van der Waals surface area contributed by atoms with Crippen LogP contribution in [-0.4, -0.2) is 18.0 Å². The number of ether oxygens (including phenoxy) is 1. The highest BCUT2D eigenvalue weighted by atomic mass is 16.5. The monoisotopic (exact) mass is 234 g/mol. The van der Waals surface area contributed by atoms with Crippen LogP contribution in [-0.2, 0) is 16.0 Å². The standard InChI is InChI=1S/C15H22O2/c1-4-14(16)15(3,17-5-2)12-11-13-9-7-6-8-10-13/h6-10H,4-5,11-12H2,1-3H3. The maximum absolute atomic E-state index is 11.9. The quantitative estimate of drug-likeness (QED) is 0.723. The Morgan fingerprint density at radius 3 is 2.41 bits per heavy atom. The second-order valence-corrected chi connectivity index (χ2v) is 4.43. The molecular formula is C15H22O2. The summed E-state index contributed by atoms with van der Waals surface area (Å²) in [4.78, 5) is 11.9. The molecule has 0 saturated heterocycles. The van der Waals surface area contributed by atoms with Gasteiger partial charge >= 0.3 is 0 Å². The van der Waals surface area contributed by atoms with Gasteiger partial charge in [-0.2, -0.15) is 0 Å². The summed E-state index contributed by atoms with van der Waals surface area (Å²) in [7, 11) is 0. The van der Waals surface area contributed by atoms with Crippen molar-refractivity contribution in [2.24, 2.45) is 0 Å². The van der Waals surface area contributed by atoms with Crippen LogP contribution in [0.4, 0.5) is 0 Å². The first-order chi connectivity index (χ1) is 8.12. The lowest BCUT2D eigenvalue weighted by atomic mass is 9.91. The summed E-state index contributed by atoms with van der Waals surface area (Å²) in [6.45, 7) is 6.31. The number of carbonyl (C=O) groups is 1. The molecule has 17 heavy (non-hydrogen) atoms. The SMILES string of the molecule is CCOC(C)(CCc1ccccc1)C(=O)CC. The van der Waals surface area contributed by atoms with Crippen molar-refractivity contribution >= 4 is 5.78 Å². The van der Waals surface area contributed by atoms with Gasteiger partial charge in [-0.3, -0.25) is 4.79 Å². The lowest BCUT2D eigenvalue weighted by molar-refractivity contribution is -0.142. The van der Waals surface area contributed by atoms with Crippen LogP contribution in [0.5, 0.6) is 0 Å². The van der Waals surface area contributed by atoms with Crippen LogP contribution < -0.4 is 0 Å². The van der Waals surface area contributed by atoms with Crippen molar-refractivity contribution in [3.05, 3.63) is 35.9 Å². The van der Waals surface area contributed by atoms with Crippen LogP contribution in [0.15, 0.2) is 30.3 Å². The van der Waals surface area contributed by atoms with Gasteiger partial charge in [0.25, 0.3) is 0 Å². The Morgan fingerprint density at radius 2 is 1.88 bits per heavy atom. The summed E-state index contributed by atoms with van der Waals surface area (Å²) in [6.07, 6.45) is 2.16. The minimum atomic E-state index is -0.626. The molecule has 1 aromatic rings. The van der Waals surface area contributed by atoms with E-state index in [1.54, 1.807) is 0 Å². The molecular weight excluding hydrogens is 212 g/mol. The molecule has 0 aliphatic rings. The third-order valence-corrected chi connectivity index (χ3v) is 3.11. The minimum absolute atomic E-state index is 0.190. The fourth-order valence-electron chi connectivity index (χ4n) is 2.01.